The van der Waals surface area contributed by atoms with Gasteiger partial charge in [0.25, 0.3) is 11.8 Å². The second-order valence-corrected chi connectivity index (χ2v) is 8.20. The van der Waals surface area contributed by atoms with E-state index in [1.54, 1.807) is 30.3 Å². The molecule has 1 heterocycles. The highest BCUT2D eigenvalue weighted by Crippen LogP contribution is 2.27. The SMILES string of the molecule is N=C(N)c1ccc(NC(=O)c2ccc(C(=O)O)c(NC(=O)c3cc4ccccc4s3)c2)cc1. The summed E-state index contributed by atoms with van der Waals surface area (Å²) in [6.07, 6.45) is 0. The molecule has 9 heteroatoms. The molecule has 4 rings (SSSR count). The van der Waals surface area contributed by atoms with Crippen molar-refractivity contribution in [2.45, 2.75) is 0 Å². The van der Waals surface area contributed by atoms with Gasteiger partial charge in [-0.25, -0.2) is 4.79 Å². The van der Waals surface area contributed by atoms with Crippen molar-refractivity contribution in [3.05, 3.63) is 94.4 Å². The standard InChI is InChI=1S/C24H18N4O4S/c25-21(26)13-5-8-16(9-6-13)27-22(29)15-7-10-17(24(31)32)18(11-15)28-23(30)20-12-14-3-1-2-4-19(14)33-20/h1-12H,(H3,25,26)(H,27,29)(H,28,30)(H,31,32). The summed E-state index contributed by atoms with van der Waals surface area (Å²) >= 11 is 1.29. The van der Waals surface area contributed by atoms with Crippen LogP contribution in [0.25, 0.3) is 10.1 Å². The van der Waals surface area contributed by atoms with E-state index in [0.717, 1.165) is 10.1 Å². The van der Waals surface area contributed by atoms with E-state index < -0.39 is 17.8 Å². The molecule has 0 spiro atoms. The van der Waals surface area contributed by atoms with Crippen molar-refractivity contribution in [2.24, 2.45) is 5.73 Å². The molecule has 0 saturated heterocycles. The first-order valence-corrected chi connectivity index (χ1v) is 10.6. The molecule has 0 bridgehead atoms. The third-order valence-corrected chi connectivity index (χ3v) is 5.98. The smallest absolute Gasteiger partial charge is 0.337 e. The quantitative estimate of drug-likeness (QED) is 0.215. The molecule has 4 aromatic rings. The van der Waals surface area contributed by atoms with Gasteiger partial charge in [0.2, 0.25) is 0 Å². The Balaban J connectivity index is 1.58. The molecule has 0 radical (unpaired) electrons. The number of benzene rings is 3. The Hall–Kier alpha value is -4.50. The van der Waals surface area contributed by atoms with E-state index in [9.17, 15) is 19.5 Å². The molecular weight excluding hydrogens is 440 g/mol. The van der Waals surface area contributed by atoms with E-state index in [-0.39, 0.29) is 22.6 Å². The molecule has 33 heavy (non-hydrogen) atoms. The summed E-state index contributed by atoms with van der Waals surface area (Å²) < 4.78 is 0.935. The van der Waals surface area contributed by atoms with Gasteiger partial charge in [-0.2, -0.15) is 0 Å². The molecule has 0 aliphatic rings. The summed E-state index contributed by atoms with van der Waals surface area (Å²) in [5, 5.41) is 23.2. The number of nitrogen functional groups attached to an aromatic ring is 1. The maximum absolute atomic E-state index is 12.8. The first-order chi connectivity index (χ1) is 15.8. The van der Waals surface area contributed by atoms with Crippen LogP contribution in [0.5, 0.6) is 0 Å². The molecule has 8 nitrogen and oxygen atoms in total. The Labute approximate surface area is 192 Å². The van der Waals surface area contributed by atoms with E-state index >= 15 is 0 Å². The van der Waals surface area contributed by atoms with Crippen LogP contribution in [0, 0.1) is 5.41 Å². The van der Waals surface area contributed by atoms with E-state index in [2.05, 4.69) is 10.6 Å². The van der Waals surface area contributed by atoms with Gasteiger partial charge in [-0.1, -0.05) is 18.2 Å². The number of nitrogens with two attached hydrogens (primary N) is 1. The van der Waals surface area contributed by atoms with Gasteiger partial charge in [0.15, 0.2) is 0 Å². The Morgan fingerprint density at radius 2 is 1.55 bits per heavy atom. The van der Waals surface area contributed by atoms with Crippen LogP contribution < -0.4 is 16.4 Å². The molecule has 164 valence electrons. The van der Waals surface area contributed by atoms with Crippen molar-refractivity contribution < 1.29 is 19.5 Å². The zero-order valence-corrected chi connectivity index (χ0v) is 17.9. The van der Waals surface area contributed by atoms with Gasteiger partial charge in [-0.3, -0.25) is 15.0 Å². The summed E-state index contributed by atoms with van der Waals surface area (Å²) in [5.74, 6) is -2.26. The number of nitrogens with one attached hydrogen (secondary N) is 3. The van der Waals surface area contributed by atoms with Crippen molar-refractivity contribution in [2.75, 3.05) is 10.6 Å². The van der Waals surface area contributed by atoms with Crippen LogP contribution in [0.2, 0.25) is 0 Å². The van der Waals surface area contributed by atoms with Gasteiger partial charge in [0.05, 0.1) is 16.1 Å². The number of amidine groups is 1. The summed E-state index contributed by atoms with van der Waals surface area (Å²) in [6, 6.07) is 19.6. The molecule has 2 amide bonds. The topological polar surface area (TPSA) is 145 Å². The fraction of sp³-hybridized carbons (Fsp3) is 0. The minimum atomic E-state index is -1.23. The maximum Gasteiger partial charge on any atom is 0.337 e. The van der Waals surface area contributed by atoms with Gasteiger partial charge in [0, 0.05) is 21.5 Å². The molecule has 0 fully saturated rings. The largest absolute Gasteiger partial charge is 0.478 e. The lowest BCUT2D eigenvalue weighted by molar-refractivity contribution is 0.0697. The molecule has 6 N–H and O–H groups in total. The Morgan fingerprint density at radius 1 is 0.848 bits per heavy atom. The van der Waals surface area contributed by atoms with E-state index in [1.807, 2.05) is 24.3 Å². The molecule has 0 aliphatic heterocycles. The minimum Gasteiger partial charge on any atom is -0.478 e. The number of rotatable bonds is 6. The monoisotopic (exact) mass is 458 g/mol. The molecule has 0 saturated carbocycles. The first kappa shape index (κ1) is 21.7. The van der Waals surface area contributed by atoms with Crippen LogP contribution >= 0.6 is 11.3 Å². The Kier molecular flexibility index (Phi) is 5.88. The van der Waals surface area contributed by atoms with Crippen LogP contribution in [0.3, 0.4) is 0 Å². The average Bonchev–Trinajstić information content (AvgIpc) is 3.24. The Bertz CT molecular complexity index is 1380. The molecule has 0 atom stereocenters. The van der Waals surface area contributed by atoms with Gasteiger partial charge in [-0.15, -0.1) is 11.3 Å². The van der Waals surface area contributed by atoms with Crippen LogP contribution in [0.4, 0.5) is 11.4 Å². The van der Waals surface area contributed by atoms with Crippen LogP contribution in [0.1, 0.15) is 36.0 Å². The maximum atomic E-state index is 12.8. The number of amides is 2. The molecular formula is C24H18N4O4S. The number of carbonyl (C=O) groups excluding carboxylic acids is 2. The number of anilines is 2. The zero-order chi connectivity index (χ0) is 23.5. The molecule has 0 unspecified atom stereocenters. The molecule has 3 aromatic carbocycles. The van der Waals surface area contributed by atoms with Gasteiger partial charge in [0.1, 0.15) is 5.84 Å². The number of fused-ring (bicyclic) bond motifs is 1. The average molecular weight is 458 g/mol. The van der Waals surface area contributed by atoms with Crippen LogP contribution in [-0.2, 0) is 0 Å². The van der Waals surface area contributed by atoms with Crippen molar-refractivity contribution in [3.8, 4) is 0 Å². The third-order valence-electron chi connectivity index (χ3n) is 4.86. The van der Waals surface area contributed by atoms with Crippen molar-refractivity contribution in [1.29, 1.82) is 5.41 Å². The number of carboxylic acids is 1. The number of thiophene rings is 1. The molecule has 0 aliphatic carbocycles. The number of hydrogen-bond acceptors (Lipinski definition) is 5. The van der Waals surface area contributed by atoms with Gasteiger partial charge in [-0.05, 0) is 60.0 Å². The Morgan fingerprint density at radius 3 is 2.21 bits per heavy atom. The van der Waals surface area contributed by atoms with Gasteiger partial charge >= 0.3 is 5.97 Å². The zero-order valence-electron chi connectivity index (χ0n) is 17.1. The summed E-state index contributed by atoms with van der Waals surface area (Å²) in [6.45, 7) is 0. The summed E-state index contributed by atoms with van der Waals surface area (Å²) in [7, 11) is 0. The summed E-state index contributed by atoms with van der Waals surface area (Å²) in [4.78, 5) is 37.6. The van der Waals surface area contributed by atoms with Crippen molar-refractivity contribution in [1.82, 2.24) is 0 Å². The number of carboxylic acid groups (broad SMARTS) is 1. The number of carbonyl (C=O) groups is 3. The molecule has 1 aromatic heterocycles. The lowest BCUT2D eigenvalue weighted by Crippen LogP contribution is -2.17. The number of hydrogen-bond donors (Lipinski definition) is 5. The fourth-order valence-electron chi connectivity index (χ4n) is 3.19. The minimum absolute atomic E-state index is 0.0181. The van der Waals surface area contributed by atoms with E-state index in [0.29, 0.717) is 16.1 Å². The second-order valence-electron chi connectivity index (χ2n) is 7.11. The highest BCUT2D eigenvalue weighted by Gasteiger charge is 2.18. The van der Waals surface area contributed by atoms with Crippen molar-refractivity contribution in [3.63, 3.8) is 0 Å². The lowest BCUT2D eigenvalue weighted by Gasteiger charge is -2.11. The van der Waals surface area contributed by atoms with Crippen molar-refractivity contribution >= 4 is 56.4 Å². The predicted molar refractivity (Wildman–Crippen MR) is 129 cm³/mol. The van der Waals surface area contributed by atoms with Crippen LogP contribution in [0.15, 0.2) is 72.8 Å². The fourth-order valence-corrected chi connectivity index (χ4v) is 4.15. The predicted octanol–water partition coefficient (Wildman–Crippen LogP) is 4.39. The van der Waals surface area contributed by atoms with E-state index in [1.165, 1.54) is 29.5 Å². The van der Waals surface area contributed by atoms with Gasteiger partial charge < -0.3 is 21.5 Å². The lowest BCUT2D eigenvalue weighted by atomic mass is 10.1. The summed E-state index contributed by atoms with van der Waals surface area (Å²) in [5.41, 5.74) is 6.48. The second kappa shape index (κ2) is 8.93. The highest BCUT2D eigenvalue weighted by atomic mass is 32.1. The first-order valence-electron chi connectivity index (χ1n) is 9.75. The number of aromatic carboxylic acids is 1. The van der Waals surface area contributed by atoms with Crippen LogP contribution in [-0.4, -0.2) is 28.7 Å². The third kappa shape index (κ3) is 4.73. The normalized spacial score (nSPS) is 10.5. The highest BCUT2D eigenvalue weighted by molar-refractivity contribution is 7.20. The van der Waals surface area contributed by atoms with E-state index in [4.69, 9.17) is 11.1 Å².